The molecule has 4 heteroatoms. The van der Waals surface area contributed by atoms with Crippen molar-refractivity contribution in [2.24, 2.45) is 0 Å². The first-order valence-electron chi connectivity index (χ1n) is 9.08. The Kier molecular flexibility index (Phi) is 4.77. The number of rotatable bonds is 4. The highest BCUT2D eigenvalue weighted by Gasteiger charge is 2.27. The summed E-state index contributed by atoms with van der Waals surface area (Å²) in [6, 6.07) is 22.8. The van der Waals surface area contributed by atoms with E-state index in [1.165, 1.54) is 0 Å². The van der Waals surface area contributed by atoms with E-state index in [1.807, 2.05) is 42.5 Å². The number of hydrogen-bond donors (Lipinski definition) is 0. The molecular weight excluding hydrogens is 352 g/mol. The van der Waals surface area contributed by atoms with E-state index in [-0.39, 0.29) is 23.9 Å². The Morgan fingerprint density at radius 2 is 1.68 bits per heavy atom. The quantitative estimate of drug-likeness (QED) is 0.356. The van der Waals surface area contributed by atoms with E-state index in [9.17, 15) is 9.59 Å². The number of esters is 1. The normalized spacial score (nSPS) is 13.9. The molecule has 0 N–H and O–H groups in total. The average Bonchev–Trinajstić information content (AvgIpc) is 3.04. The lowest BCUT2D eigenvalue weighted by atomic mass is 10.0. The third-order valence-electron chi connectivity index (χ3n) is 4.48. The van der Waals surface area contributed by atoms with E-state index >= 15 is 0 Å². The smallest absolute Gasteiger partial charge is 0.310 e. The number of ketones is 1. The van der Waals surface area contributed by atoms with Crippen LogP contribution in [0.25, 0.3) is 17.2 Å². The van der Waals surface area contributed by atoms with Gasteiger partial charge in [0.2, 0.25) is 5.78 Å². The van der Waals surface area contributed by atoms with E-state index in [1.54, 1.807) is 31.2 Å². The molecular formula is C24H18O4. The summed E-state index contributed by atoms with van der Waals surface area (Å²) in [7, 11) is 0. The zero-order valence-corrected chi connectivity index (χ0v) is 15.3. The summed E-state index contributed by atoms with van der Waals surface area (Å²) in [5, 5.41) is 0. The Balaban J connectivity index is 1.55. The van der Waals surface area contributed by atoms with Gasteiger partial charge < -0.3 is 9.47 Å². The van der Waals surface area contributed by atoms with Gasteiger partial charge in [0, 0.05) is 12.5 Å². The monoisotopic (exact) mass is 370 g/mol. The molecule has 1 heterocycles. The highest BCUT2D eigenvalue weighted by Crippen LogP contribution is 2.35. The molecule has 1 aliphatic rings. The Morgan fingerprint density at radius 3 is 2.39 bits per heavy atom. The molecule has 3 aromatic rings. The molecule has 28 heavy (non-hydrogen) atoms. The van der Waals surface area contributed by atoms with Crippen molar-refractivity contribution in [1.29, 1.82) is 0 Å². The standard InChI is InChI=1S/C24H18O4/c1-2-23(25)27-19-12-13-20-21(15-19)28-22(24(20)26)14-16-8-10-18(11-9-16)17-6-4-3-5-7-17/h3-15H,2H2,1H3/b22-14-. The van der Waals surface area contributed by atoms with Gasteiger partial charge in [0.05, 0.1) is 5.56 Å². The highest BCUT2D eigenvalue weighted by molar-refractivity contribution is 6.14. The molecule has 0 amide bonds. The summed E-state index contributed by atoms with van der Waals surface area (Å²) < 4.78 is 10.9. The van der Waals surface area contributed by atoms with Gasteiger partial charge in [0.1, 0.15) is 11.5 Å². The van der Waals surface area contributed by atoms with Crippen LogP contribution in [0.3, 0.4) is 0 Å². The predicted molar refractivity (Wildman–Crippen MR) is 107 cm³/mol. The van der Waals surface area contributed by atoms with Gasteiger partial charge in [0.15, 0.2) is 5.76 Å². The summed E-state index contributed by atoms with van der Waals surface area (Å²) in [5.41, 5.74) is 3.57. The number of benzene rings is 3. The number of ether oxygens (including phenoxy) is 2. The fourth-order valence-electron chi connectivity index (χ4n) is 2.99. The average molecular weight is 370 g/mol. The highest BCUT2D eigenvalue weighted by atomic mass is 16.5. The molecule has 4 rings (SSSR count). The minimum absolute atomic E-state index is 0.185. The molecule has 0 saturated carbocycles. The van der Waals surface area contributed by atoms with Gasteiger partial charge in [-0.25, -0.2) is 0 Å². The van der Waals surface area contributed by atoms with Crippen LogP contribution >= 0.6 is 0 Å². The van der Waals surface area contributed by atoms with Crippen molar-refractivity contribution in [3.05, 3.63) is 89.7 Å². The second kappa shape index (κ2) is 7.53. The van der Waals surface area contributed by atoms with Crippen LogP contribution in [0.4, 0.5) is 0 Å². The molecule has 0 bridgehead atoms. The van der Waals surface area contributed by atoms with Gasteiger partial charge in [-0.3, -0.25) is 9.59 Å². The summed E-state index contributed by atoms with van der Waals surface area (Å²) in [5.74, 6) is 0.501. The van der Waals surface area contributed by atoms with Crippen molar-refractivity contribution >= 4 is 17.8 Å². The minimum atomic E-state index is -0.335. The largest absolute Gasteiger partial charge is 0.452 e. The minimum Gasteiger partial charge on any atom is -0.452 e. The fourth-order valence-corrected chi connectivity index (χ4v) is 2.99. The number of hydrogen-bond acceptors (Lipinski definition) is 4. The first-order chi connectivity index (χ1) is 13.6. The van der Waals surface area contributed by atoms with E-state index in [2.05, 4.69) is 12.1 Å². The molecule has 0 radical (unpaired) electrons. The van der Waals surface area contributed by atoms with Crippen molar-refractivity contribution in [1.82, 2.24) is 0 Å². The van der Waals surface area contributed by atoms with Crippen molar-refractivity contribution in [3.8, 4) is 22.6 Å². The van der Waals surface area contributed by atoms with Crippen LogP contribution in [0.1, 0.15) is 29.3 Å². The summed E-state index contributed by atoms with van der Waals surface area (Å²) in [6.45, 7) is 1.72. The van der Waals surface area contributed by atoms with Crippen LogP contribution in [0.5, 0.6) is 11.5 Å². The lowest BCUT2D eigenvalue weighted by molar-refractivity contribution is -0.134. The summed E-state index contributed by atoms with van der Waals surface area (Å²) in [4.78, 5) is 24.0. The molecule has 3 aromatic carbocycles. The van der Waals surface area contributed by atoms with Gasteiger partial charge in [-0.2, -0.15) is 0 Å². The van der Waals surface area contributed by atoms with Gasteiger partial charge in [-0.05, 0) is 34.9 Å². The zero-order chi connectivity index (χ0) is 19.5. The van der Waals surface area contributed by atoms with Crippen LogP contribution in [0.15, 0.2) is 78.6 Å². The molecule has 0 aliphatic carbocycles. The van der Waals surface area contributed by atoms with E-state index in [0.29, 0.717) is 17.1 Å². The third-order valence-corrected chi connectivity index (χ3v) is 4.48. The number of carbonyl (C=O) groups excluding carboxylic acids is 2. The SMILES string of the molecule is CCC(=O)Oc1ccc2c(c1)O/C(=C\c1ccc(-c3ccccc3)cc1)C2=O. The molecule has 0 spiro atoms. The molecule has 0 unspecified atom stereocenters. The number of carbonyl (C=O) groups is 2. The lowest BCUT2D eigenvalue weighted by Gasteiger charge is -2.04. The fraction of sp³-hybridized carbons (Fsp3) is 0.0833. The van der Waals surface area contributed by atoms with Crippen LogP contribution in [-0.4, -0.2) is 11.8 Å². The molecule has 0 saturated heterocycles. The number of Topliss-reactive ketones (excluding diaryl/α,β-unsaturated/α-hetero) is 1. The maximum Gasteiger partial charge on any atom is 0.310 e. The molecule has 0 fully saturated rings. The van der Waals surface area contributed by atoms with E-state index < -0.39 is 0 Å². The Bertz CT molecular complexity index is 1060. The number of fused-ring (bicyclic) bond motifs is 1. The molecule has 0 aromatic heterocycles. The van der Waals surface area contributed by atoms with Crippen LogP contribution < -0.4 is 9.47 Å². The van der Waals surface area contributed by atoms with Crippen LogP contribution in [0.2, 0.25) is 0 Å². The van der Waals surface area contributed by atoms with Crippen molar-refractivity contribution in [2.75, 3.05) is 0 Å². The molecule has 4 nitrogen and oxygen atoms in total. The van der Waals surface area contributed by atoms with Gasteiger partial charge >= 0.3 is 5.97 Å². The van der Waals surface area contributed by atoms with E-state index in [4.69, 9.17) is 9.47 Å². The molecule has 138 valence electrons. The molecule has 1 aliphatic heterocycles. The van der Waals surface area contributed by atoms with Crippen molar-refractivity contribution < 1.29 is 19.1 Å². The first-order valence-corrected chi connectivity index (χ1v) is 9.08. The predicted octanol–water partition coefficient (Wildman–Crippen LogP) is 5.29. The second-order valence-corrected chi connectivity index (χ2v) is 6.41. The Hall–Kier alpha value is -3.66. The van der Waals surface area contributed by atoms with E-state index in [0.717, 1.165) is 16.7 Å². The molecule has 0 atom stereocenters. The topological polar surface area (TPSA) is 52.6 Å². The van der Waals surface area contributed by atoms with Crippen LogP contribution in [0, 0.1) is 0 Å². The van der Waals surface area contributed by atoms with Crippen LogP contribution in [-0.2, 0) is 4.79 Å². The zero-order valence-electron chi connectivity index (χ0n) is 15.3. The van der Waals surface area contributed by atoms with Gasteiger partial charge in [-0.1, -0.05) is 61.5 Å². The first kappa shape index (κ1) is 17.7. The lowest BCUT2D eigenvalue weighted by Crippen LogP contribution is -2.05. The van der Waals surface area contributed by atoms with Crippen molar-refractivity contribution in [2.45, 2.75) is 13.3 Å². The second-order valence-electron chi connectivity index (χ2n) is 6.41. The maximum atomic E-state index is 12.6. The summed E-state index contributed by atoms with van der Waals surface area (Å²) >= 11 is 0. The number of allylic oxidation sites excluding steroid dienone is 1. The maximum absolute atomic E-state index is 12.6. The van der Waals surface area contributed by atoms with Gasteiger partial charge in [0.25, 0.3) is 0 Å². The third kappa shape index (κ3) is 3.58. The summed E-state index contributed by atoms with van der Waals surface area (Å²) in [6.07, 6.45) is 2.00. The van der Waals surface area contributed by atoms with Gasteiger partial charge in [-0.15, -0.1) is 0 Å². The Morgan fingerprint density at radius 1 is 0.964 bits per heavy atom. The van der Waals surface area contributed by atoms with Crippen molar-refractivity contribution in [3.63, 3.8) is 0 Å². The Labute approximate surface area is 163 Å².